The lowest BCUT2D eigenvalue weighted by molar-refractivity contribution is 0.559. The lowest BCUT2D eigenvalue weighted by Gasteiger charge is -2.14. The van der Waals surface area contributed by atoms with E-state index < -0.39 is 0 Å². The molecule has 0 aliphatic heterocycles. The Morgan fingerprint density at radius 1 is 1.11 bits per heavy atom. The molecule has 0 fully saturated rings. The monoisotopic (exact) mass is 241 g/mol. The summed E-state index contributed by atoms with van der Waals surface area (Å²) in [7, 11) is 0. The molecule has 1 heterocycles. The number of hydrogen-bond acceptors (Lipinski definition) is 3. The summed E-state index contributed by atoms with van der Waals surface area (Å²) < 4.78 is 0. The second kappa shape index (κ2) is 6.26. The van der Waals surface area contributed by atoms with Crippen LogP contribution in [0, 0.1) is 0 Å². The Kier molecular flexibility index (Phi) is 4.42. The molecule has 0 saturated carbocycles. The number of nitrogens with zero attached hydrogens (tertiary/aromatic N) is 2. The molecule has 3 nitrogen and oxygen atoms in total. The van der Waals surface area contributed by atoms with Crippen molar-refractivity contribution in [2.45, 2.75) is 32.9 Å². The van der Waals surface area contributed by atoms with E-state index in [4.69, 9.17) is 0 Å². The summed E-state index contributed by atoms with van der Waals surface area (Å²) in [5, 5.41) is 3.43. The van der Waals surface area contributed by atoms with Crippen molar-refractivity contribution >= 4 is 0 Å². The van der Waals surface area contributed by atoms with Crippen molar-refractivity contribution in [3.8, 4) is 0 Å². The van der Waals surface area contributed by atoms with Gasteiger partial charge in [0.15, 0.2) is 0 Å². The zero-order chi connectivity index (χ0) is 12.8. The maximum absolute atomic E-state index is 4.20. The molecule has 94 valence electrons. The van der Waals surface area contributed by atoms with Gasteiger partial charge in [0.25, 0.3) is 0 Å². The first-order chi connectivity index (χ1) is 8.79. The molecule has 0 saturated heterocycles. The average Bonchev–Trinajstić information content (AvgIpc) is 2.46. The fraction of sp³-hybridized carbons (Fsp3) is 0.333. The molecule has 1 aromatic heterocycles. The minimum Gasteiger partial charge on any atom is -0.303 e. The van der Waals surface area contributed by atoms with Crippen LogP contribution < -0.4 is 5.32 Å². The van der Waals surface area contributed by atoms with Crippen LogP contribution >= 0.6 is 0 Å². The number of nitrogens with one attached hydrogen (secondary N) is 1. The number of benzene rings is 1. The van der Waals surface area contributed by atoms with Crippen LogP contribution in [0.15, 0.2) is 42.7 Å². The Bertz CT molecular complexity index is 465. The average molecular weight is 241 g/mol. The van der Waals surface area contributed by atoms with E-state index in [2.05, 4.69) is 53.4 Å². The zero-order valence-electron chi connectivity index (χ0n) is 10.9. The fourth-order valence-electron chi connectivity index (χ4n) is 1.83. The van der Waals surface area contributed by atoms with Crippen LogP contribution in [-0.4, -0.2) is 9.97 Å². The normalized spacial score (nSPS) is 12.3. The predicted octanol–water partition coefficient (Wildman–Crippen LogP) is 2.89. The zero-order valence-corrected chi connectivity index (χ0v) is 10.9. The minimum absolute atomic E-state index is 0.305. The Morgan fingerprint density at radius 2 is 1.78 bits per heavy atom. The van der Waals surface area contributed by atoms with Gasteiger partial charge in [-0.3, -0.25) is 0 Å². The number of rotatable bonds is 5. The summed E-state index contributed by atoms with van der Waals surface area (Å²) in [6.07, 6.45) is 4.62. The van der Waals surface area contributed by atoms with Gasteiger partial charge in [0.2, 0.25) is 0 Å². The highest BCUT2D eigenvalue weighted by Crippen LogP contribution is 2.13. The Morgan fingerprint density at radius 3 is 2.39 bits per heavy atom. The second-order valence-electron chi connectivity index (χ2n) is 4.36. The highest BCUT2D eigenvalue weighted by Gasteiger charge is 2.05. The SMILES string of the molecule is CCc1ccc(C(C)NCc2ncccn2)cc1. The van der Waals surface area contributed by atoms with E-state index >= 15 is 0 Å². The van der Waals surface area contributed by atoms with Gasteiger partial charge in [0, 0.05) is 18.4 Å². The maximum Gasteiger partial charge on any atom is 0.141 e. The van der Waals surface area contributed by atoms with Gasteiger partial charge in [-0.05, 0) is 30.5 Å². The Balaban J connectivity index is 1.93. The molecule has 0 aliphatic carbocycles. The van der Waals surface area contributed by atoms with E-state index in [0.29, 0.717) is 12.6 Å². The highest BCUT2D eigenvalue weighted by molar-refractivity contribution is 5.24. The van der Waals surface area contributed by atoms with Crippen molar-refractivity contribution < 1.29 is 0 Å². The summed E-state index contributed by atoms with van der Waals surface area (Å²) in [6.45, 7) is 5.02. The highest BCUT2D eigenvalue weighted by atomic mass is 15.0. The van der Waals surface area contributed by atoms with Crippen molar-refractivity contribution in [2.75, 3.05) is 0 Å². The number of aryl methyl sites for hydroxylation is 1. The van der Waals surface area contributed by atoms with Crippen LogP contribution in [0.2, 0.25) is 0 Å². The van der Waals surface area contributed by atoms with Gasteiger partial charge in [0.05, 0.1) is 6.54 Å². The van der Waals surface area contributed by atoms with E-state index in [0.717, 1.165) is 12.2 Å². The predicted molar refractivity (Wildman–Crippen MR) is 73.1 cm³/mol. The van der Waals surface area contributed by atoms with E-state index in [1.165, 1.54) is 11.1 Å². The molecule has 0 amide bonds. The smallest absolute Gasteiger partial charge is 0.141 e. The molecule has 2 rings (SSSR count). The Hall–Kier alpha value is -1.74. The first kappa shape index (κ1) is 12.7. The van der Waals surface area contributed by atoms with Crippen LogP contribution in [0.4, 0.5) is 0 Å². The quantitative estimate of drug-likeness (QED) is 0.874. The molecule has 1 aromatic carbocycles. The maximum atomic E-state index is 4.20. The van der Waals surface area contributed by atoms with Crippen molar-refractivity contribution in [3.05, 3.63) is 59.7 Å². The fourth-order valence-corrected chi connectivity index (χ4v) is 1.83. The molecule has 2 aromatic rings. The Labute approximate surface area is 108 Å². The van der Waals surface area contributed by atoms with Gasteiger partial charge in [-0.15, -0.1) is 0 Å². The van der Waals surface area contributed by atoms with Gasteiger partial charge in [-0.2, -0.15) is 0 Å². The summed E-state index contributed by atoms with van der Waals surface area (Å²) in [5.74, 6) is 0.828. The van der Waals surface area contributed by atoms with Crippen molar-refractivity contribution in [1.82, 2.24) is 15.3 Å². The van der Waals surface area contributed by atoms with E-state index in [1.807, 2.05) is 6.07 Å². The first-order valence-corrected chi connectivity index (χ1v) is 6.37. The van der Waals surface area contributed by atoms with Crippen LogP contribution in [0.3, 0.4) is 0 Å². The third-order valence-electron chi connectivity index (χ3n) is 3.07. The van der Waals surface area contributed by atoms with Crippen LogP contribution in [0.5, 0.6) is 0 Å². The molecule has 18 heavy (non-hydrogen) atoms. The molecule has 0 bridgehead atoms. The minimum atomic E-state index is 0.305. The molecule has 1 atom stereocenters. The van der Waals surface area contributed by atoms with E-state index in [1.54, 1.807) is 12.4 Å². The standard InChI is InChI=1S/C15H19N3/c1-3-13-5-7-14(8-6-13)12(2)18-11-15-16-9-4-10-17-15/h4-10,12,18H,3,11H2,1-2H3. The summed E-state index contributed by atoms with van der Waals surface area (Å²) in [4.78, 5) is 8.40. The largest absolute Gasteiger partial charge is 0.303 e. The van der Waals surface area contributed by atoms with Crippen LogP contribution in [-0.2, 0) is 13.0 Å². The number of aromatic nitrogens is 2. The van der Waals surface area contributed by atoms with E-state index in [9.17, 15) is 0 Å². The molecule has 0 spiro atoms. The molecule has 0 radical (unpaired) electrons. The lowest BCUT2D eigenvalue weighted by Crippen LogP contribution is -2.19. The number of hydrogen-bond donors (Lipinski definition) is 1. The molecular formula is C15H19N3. The summed E-state index contributed by atoms with van der Waals surface area (Å²) in [5.41, 5.74) is 2.67. The molecule has 1 unspecified atom stereocenters. The van der Waals surface area contributed by atoms with Crippen molar-refractivity contribution in [2.24, 2.45) is 0 Å². The van der Waals surface area contributed by atoms with E-state index in [-0.39, 0.29) is 0 Å². The van der Waals surface area contributed by atoms with Gasteiger partial charge in [0.1, 0.15) is 5.82 Å². The molecular weight excluding hydrogens is 222 g/mol. The molecule has 3 heteroatoms. The van der Waals surface area contributed by atoms with Crippen molar-refractivity contribution in [1.29, 1.82) is 0 Å². The van der Waals surface area contributed by atoms with Crippen molar-refractivity contribution in [3.63, 3.8) is 0 Å². The van der Waals surface area contributed by atoms with Crippen LogP contribution in [0.1, 0.15) is 36.8 Å². The van der Waals surface area contributed by atoms with Gasteiger partial charge in [-0.1, -0.05) is 31.2 Å². The molecule has 0 aliphatic rings. The first-order valence-electron chi connectivity index (χ1n) is 6.37. The lowest BCUT2D eigenvalue weighted by atomic mass is 10.1. The third-order valence-corrected chi connectivity index (χ3v) is 3.07. The van der Waals surface area contributed by atoms with Crippen LogP contribution in [0.25, 0.3) is 0 Å². The van der Waals surface area contributed by atoms with Gasteiger partial charge >= 0.3 is 0 Å². The van der Waals surface area contributed by atoms with Gasteiger partial charge < -0.3 is 5.32 Å². The second-order valence-corrected chi connectivity index (χ2v) is 4.36. The topological polar surface area (TPSA) is 37.8 Å². The summed E-state index contributed by atoms with van der Waals surface area (Å²) in [6, 6.07) is 10.9. The third kappa shape index (κ3) is 3.37. The van der Waals surface area contributed by atoms with Gasteiger partial charge in [-0.25, -0.2) is 9.97 Å². The summed E-state index contributed by atoms with van der Waals surface area (Å²) >= 11 is 0. The molecule has 1 N–H and O–H groups in total.